The first-order valence-corrected chi connectivity index (χ1v) is 6.77. The van der Waals surface area contributed by atoms with Gasteiger partial charge in [0.15, 0.2) is 0 Å². The van der Waals surface area contributed by atoms with E-state index in [-0.39, 0.29) is 11.9 Å². The fourth-order valence-electron chi connectivity index (χ4n) is 2.25. The summed E-state index contributed by atoms with van der Waals surface area (Å²) in [4.78, 5) is 4.45. The number of hydrogen-bond acceptors (Lipinski definition) is 3. The average Bonchev–Trinajstić information content (AvgIpc) is 2.69. The number of benzene rings is 1. The van der Waals surface area contributed by atoms with Crippen molar-refractivity contribution in [1.82, 2.24) is 10.3 Å². The highest BCUT2D eigenvalue weighted by Gasteiger charge is 2.20. The predicted octanol–water partition coefficient (Wildman–Crippen LogP) is 3.52. The van der Waals surface area contributed by atoms with Crippen molar-refractivity contribution in [2.24, 2.45) is 0 Å². The Morgan fingerprint density at radius 1 is 1.28 bits per heavy atom. The molecule has 2 aromatic rings. The quantitative estimate of drug-likeness (QED) is 0.917. The van der Waals surface area contributed by atoms with Crippen LogP contribution in [0.3, 0.4) is 0 Å². The van der Waals surface area contributed by atoms with E-state index in [2.05, 4.69) is 10.3 Å². The summed E-state index contributed by atoms with van der Waals surface area (Å²) in [6.07, 6.45) is 0. The Hall–Kier alpha value is -1.26. The lowest BCUT2D eigenvalue weighted by Gasteiger charge is -2.18. The van der Waals surface area contributed by atoms with Gasteiger partial charge in [0.1, 0.15) is 5.82 Å². The lowest BCUT2D eigenvalue weighted by Crippen LogP contribution is -2.20. The summed E-state index contributed by atoms with van der Waals surface area (Å²) in [5, 5.41) is 6.13. The van der Waals surface area contributed by atoms with E-state index < -0.39 is 0 Å². The lowest BCUT2D eigenvalue weighted by molar-refractivity contribution is 0.567. The Morgan fingerprint density at radius 2 is 2.00 bits per heavy atom. The van der Waals surface area contributed by atoms with Crippen molar-refractivity contribution < 1.29 is 4.39 Å². The third kappa shape index (κ3) is 2.44. The molecule has 1 unspecified atom stereocenters. The van der Waals surface area contributed by atoms with Crippen LogP contribution in [0.25, 0.3) is 0 Å². The Labute approximate surface area is 111 Å². The van der Waals surface area contributed by atoms with E-state index in [0.29, 0.717) is 5.56 Å². The van der Waals surface area contributed by atoms with Crippen LogP contribution in [0, 0.1) is 26.6 Å². The first-order chi connectivity index (χ1) is 8.52. The molecular formula is C14H17FN2S. The lowest BCUT2D eigenvalue weighted by atomic mass is 9.97. The van der Waals surface area contributed by atoms with Gasteiger partial charge < -0.3 is 5.32 Å². The number of halogens is 1. The summed E-state index contributed by atoms with van der Waals surface area (Å²) in [5.41, 5.74) is 3.47. The number of thiazole rings is 1. The van der Waals surface area contributed by atoms with Crippen LogP contribution in [0.4, 0.5) is 4.39 Å². The van der Waals surface area contributed by atoms with Crippen LogP contribution >= 0.6 is 11.3 Å². The van der Waals surface area contributed by atoms with Crippen molar-refractivity contribution >= 4 is 11.3 Å². The molecule has 0 aliphatic heterocycles. The van der Waals surface area contributed by atoms with Crippen molar-refractivity contribution in [3.05, 3.63) is 50.7 Å². The van der Waals surface area contributed by atoms with Crippen molar-refractivity contribution in [3.8, 4) is 0 Å². The molecule has 0 aliphatic rings. The normalized spacial score (nSPS) is 12.7. The maximum Gasteiger partial charge on any atom is 0.128 e. The Balaban J connectivity index is 2.51. The molecule has 0 fully saturated rings. The number of nitrogens with one attached hydrogen (secondary N) is 1. The van der Waals surface area contributed by atoms with Crippen molar-refractivity contribution in [2.75, 3.05) is 7.05 Å². The minimum atomic E-state index is -0.185. The fourth-order valence-corrected chi connectivity index (χ4v) is 2.88. The molecule has 1 aromatic heterocycles. The van der Waals surface area contributed by atoms with Gasteiger partial charge in [-0.05, 0) is 45.0 Å². The van der Waals surface area contributed by atoms with Gasteiger partial charge in [-0.3, -0.25) is 0 Å². The first-order valence-electron chi connectivity index (χ1n) is 5.89. The van der Waals surface area contributed by atoms with Gasteiger partial charge in [-0.25, -0.2) is 9.37 Å². The van der Waals surface area contributed by atoms with Crippen LogP contribution < -0.4 is 5.32 Å². The van der Waals surface area contributed by atoms with Gasteiger partial charge in [0.05, 0.1) is 16.7 Å². The van der Waals surface area contributed by atoms with Crippen molar-refractivity contribution in [3.63, 3.8) is 0 Å². The standard InChI is InChI=1S/C14H17FN2S/c1-8-5-9(2)13(11(15)6-8)14(16-4)12-7-18-10(3)17-12/h5-7,14,16H,1-4H3. The highest BCUT2D eigenvalue weighted by molar-refractivity contribution is 7.09. The molecule has 2 nitrogen and oxygen atoms in total. The maximum atomic E-state index is 14.2. The van der Waals surface area contributed by atoms with Gasteiger partial charge in [0.2, 0.25) is 0 Å². The topological polar surface area (TPSA) is 24.9 Å². The Morgan fingerprint density at radius 3 is 2.50 bits per heavy atom. The number of aryl methyl sites for hydroxylation is 3. The molecular weight excluding hydrogens is 247 g/mol. The van der Waals surface area contributed by atoms with Gasteiger partial charge in [-0.1, -0.05) is 6.07 Å². The molecule has 1 heterocycles. The van der Waals surface area contributed by atoms with E-state index in [9.17, 15) is 4.39 Å². The number of aromatic nitrogens is 1. The summed E-state index contributed by atoms with van der Waals surface area (Å²) in [5.74, 6) is -0.169. The molecule has 0 radical (unpaired) electrons. The highest BCUT2D eigenvalue weighted by atomic mass is 32.1. The molecule has 0 spiro atoms. The third-order valence-electron chi connectivity index (χ3n) is 2.99. The average molecular weight is 264 g/mol. The zero-order valence-corrected chi connectivity index (χ0v) is 11.9. The molecule has 2 rings (SSSR count). The Kier molecular flexibility index (Phi) is 3.78. The van der Waals surface area contributed by atoms with Crippen LogP contribution in [-0.2, 0) is 0 Å². The predicted molar refractivity (Wildman–Crippen MR) is 73.6 cm³/mol. The van der Waals surface area contributed by atoms with E-state index in [1.165, 1.54) is 0 Å². The van der Waals surface area contributed by atoms with Gasteiger partial charge in [-0.15, -0.1) is 11.3 Å². The van der Waals surface area contributed by atoms with Gasteiger partial charge in [-0.2, -0.15) is 0 Å². The van der Waals surface area contributed by atoms with Crippen LogP contribution in [0.1, 0.15) is 33.4 Å². The number of nitrogens with zero attached hydrogens (tertiary/aromatic N) is 1. The zero-order valence-electron chi connectivity index (χ0n) is 11.0. The molecule has 18 heavy (non-hydrogen) atoms. The molecule has 0 aliphatic carbocycles. The largest absolute Gasteiger partial charge is 0.308 e. The molecule has 1 aromatic carbocycles. The van der Waals surface area contributed by atoms with Crippen molar-refractivity contribution in [1.29, 1.82) is 0 Å². The second-order valence-corrected chi connectivity index (χ2v) is 5.55. The minimum Gasteiger partial charge on any atom is -0.308 e. The zero-order chi connectivity index (χ0) is 13.3. The van der Waals surface area contributed by atoms with Gasteiger partial charge >= 0.3 is 0 Å². The molecule has 0 amide bonds. The second-order valence-electron chi connectivity index (χ2n) is 4.49. The first kappa shape index (κ1) is 13.2. The molecule has 0 saturated carbocycles. The molecule has 96 valence electrons. The van der Waals surface area contributed by atoms with Crippen LogP contribution in [0.2, 0.25) is 0 Å². The molecule has 1 N–H and O–H groups in total. The molecule has 0 saturated heterocycles. The highest BCUT2D eigenvalue weighted by Crippen LogP contribution is 2.28. The summed E-state index contributed by atoms with van der Waals surface area (Å²) in [6, 6.07) is 3.39. The smallest absolute Gasteiger partial charge is 0.128 e. The summed E-state index contributed by atoms with van der Waals surface area (Å²) in [7, 11) is 1.83. The maximum absolute atomic E-state index is 14.2. The van der Waals surface area contributed by atoms with Gasteiger partial charge in [0, 0.05) is 10.9 Å². The minimum absolute atomic E-state index is 0.169. The Bertz CT molecular complexity index is 540. The molecule has 4 heteroatoms. The van der Waals surface area contributed by atoms with E-state index in [4.69, 9.17) is 0 Å². The van der Waals surface area contributed by atoms with Crippen LogP contribution in [-0.4, -0.2) is 12.0 Å². The second kappa shape index (κ2) is 5.16. The summed E-state index contributed by atoms with van der Waals surface area (Å²) >= 11 is 1.58. The molecule has 1 atom stereocenters. The third-order valence-corrected chi connectivity index (χ3v) is 3.78. The number of rotatable bonds is 3. The van der Waals surface area contributed by atoms with Crippen LogP contribution in [0.15, 0.2) is 17.5 Å². The van der Waals surface area contributed by atoms with Crippen LogP contribution in [0.5, 0.6) is 0 Å². The molecule has 0 bridgehead atoms. The summed E-state index contributed by atoms with van der Waals surface area (Å²) < 4.78 is 14.2. The van der Waals surface area contributed by atoms with E-state index in [1.807, 2.05) is 39.3 Å². The SMILES string of the molecule is CNC(c1csc(C)n1)c1c(C)cc(C)cc1F. The van der Waals surface area contributed by atoms with Crippen molar-refractivity contribution in [2.45, 2.75) is 26.8 Å². The van der Waals surface area contributed by atoms with Gasteiger partial charge in [0.25, 0.3) is 0 Å². The number of hydrogen-bond donors (Lipinski definition) is 1. The van der Waals surface area contributed by atoms with E-state index in [0.717, 1.165) is 21.8 Å². The fraction of sp³-hybridized carbons (Fsp3) is 0.357. The van der Waals surface area contributed by atoms with E-state index >= 15 is 0 Å². The monoisotopic (exact) mass is 264 g/mol. The van der Waals surface area contributed by atoms with E-state index in [1.54, 1.807) is 17.4 Å². The summed E-state index contributed by atoms with van der Waals surface area (Å²) in [6.45, 7) is 5.80.